The second kappa shape index (κ2) is 6.13. The van der Waals surface area contributed by atoms with E-state index >= 15 is 0 Å². The summed E-state index contributed by atoms with van der Waals surface area (Å²) in [4.78, 5) is 3.68. The first-order chi connectivity index (χ1) is 12.1. The topological polar surface area (TPSA) is 78.9 Å². The van der Waals surface area contributed by atoms with Crippen molar-refractivity contribution in [2.24, 2.45) is 0 Å². The molecule has 6 nitrogen and oxygen atoms in total. The molecule has 0 amide bonds. The van der Waals surface area contributed by atoms with Crippen LogP contribution < -0.4 is 4.73 Å². The van der Waals surface area contributed by atoms with Gasteiger partial charge < -0.3 is 5.21 Å². The van der Waals surface area contributed by atoms with Gasteiger partial charge in [-0.3, -0.25) is 4.57 Å². The largest absolute Gasteiger partial charge is 0.619 e. The summed E-state index contributed by atoms with van der Waals surface area (Å²) in [6.45, 7) is 0. The first-order valence-electron chi connectivity index (χ1n) is 7.22. The molecule has 3 rings (SSSR count). The molecule has 0 N–H and O–H groups in total. The molecule has 26 heavy (non-hydrogen) atoms. The summed E-state index contributed by atoms with van der Waals surface area (Å²) in [5.41, 5.74) is -0.493. The number of rotatable bonds is 3. The van der Waals surface area contributed by atoms with Crippen molar-refractivity contribution in [3.8, 4) is 17.1 Å². The van der Waals surface area contributed by atoms with E-state index in [9.17, 15) is 26.8 Å². The fourth-order valence-electron chi connectivity index (χ4n) is 2.33. The molecule has 1 aromatic carbocycles. The number of sulfone groups is 1. The molecule has 0 bridgehead atoms. The fourth-order valence-corrected chi connectivity index (χ4v) is 2.96. The lowest BCUT2D eigenvalue weighted by Gasteiger charge is -2.08. The van der Waals surface area contributed by atoms with Crippen LogP contribution >= 0.6 is 0 Å². The standard InChI is InChI=1S/C16H12F3N3O3S/c1-26(24,25)13-4-2-12(3-5-13)22-10-14(16(17,18)19)20-15(22)11-6-8-21(23)9-7-11/h2-10H,1H3. The van der Waals surface area contributed by atoms with E-state index in [1.54, 1.807) is 0 Å². The number of alkyl halides is 3. The molecule has 0 aliphatic heterocycles. The predicted octanol–water partition coefficient (Wildman–Crippen LogP) is 2.60. The van der Waals surface area contributed by atoms with E-state index in [4.69, 9.17) is 0 Å². The number of nitrogens with zero attached hydrogens (tertiary/aromatic N) is 3. The van der Waals surface area contributed by atoms with Crippen molar-refractivity contribution in [1.29, 1.82) is 0 Å². The first-order valence-corrected chi connectivity index (χ1v) is 9.11. The molecule has 0 fully saturated rings. The molecule has 2 heterocycles. The third-order valence-corrected chi connectivity index (χ3v) is 4.73. The molecule has 0 spiro atoms. The van der Waals surface area contributed by atoms with Crippen LogP contribution in [0, 0.1) is 5.21 Å². The highest BCUT2D eigenvalue weighted by Crippen LogP contribution is 2.32. The van der Waals surface area contributed by atoms with E-state index in [-0.39, 0.29) is 10.7 Å². The van der Waals surface area contributed by atoms with Crippen LogP contribution in [-0.2, 0) is 16.0 Å². The van der Waals surface area contributed by atoms with Gasteiger partial charge in [0.2, 0.25) is 0 Å². The van der Waals surface area contributed by atoms with Crippen LogP contribution in [0.4, 0.5) is 13.2 Å². The Labute approximate surface area is 146 Å². The zero-order valence-electron chi connectivity index (χ0n) is 13.3. The maximum Gasteiger partial charge on any atom is 0.434 e. The van der Waals surface area contributed by atoms with Crippen LogP contribution in [-0.4, -0.2) is 24.2 Å². The maximum atomic E-state index is 13.1. The minimum Gasteiger partial charge on any atom is -0.619 e. The number of imidazole rings is 1. The van der Waals surface area contributed by atoms with Gasteiger partial charge in [0, 0.05) is 35.8 Å². The molecule has 0 saturated carbocycles. The lowest BCUT2D eigenvalue weighted by atomic mass is 10.2. The maximum absolute atomic E-state index is 13.1. The van der Waals surface area contributed by atoms with E-state index in [0.29, 0.717) is 16.0 Å². The van der Waals surface area contributed by atoms with Crippen molar-refractivity contribution in [2.75, 3.05) is 6.26 Å². The normalized spacial score (nSPS) is 12.3. The summed E-state index contributed by atoms with van der Waals surface area (Å²) in [6.07, 6.45) is -0.500. The average Bonchev–Trinajstić information content (AvgIpc) is 3.00. The van der Waals surface area contributed by atoms with Gasteiger partial charge in [-0.05, 0) is 24.3 Å². The second-order valence-electron chi connectivity index (χ2n) is 5.53. The fraction of sp³-hybridized carbons (Fsp3) is 0.125. The highest BCUT2D eigenvalue weighted by atomic mass is 32.2. The van der Waals surface area contributed by atoms with Crippen LogP contribution in [0.1, 0.15) is 5.69 Å². The van der Waals surface area contributed by atoms with Gasteiger partial charge in [0.25, 0.3) is 0 Å². The Balaban J connectivity index is 2.16. The van der Waals surface area contributed by atoms with Gasteiger partial charge in [-0.1, -0.05) is 0 Å². The summed E-state index contributed by atoms with van der Waals surface area (Å²) < 4.78 is 64.0. The number of aromatic nitrogens is 3. The van der Waals surface area contributed by atoms with Gasteiger partial charge in [-0.25, -0.2) is 13.4 Å². The molecule has 0 aliphatic rings. The summed E-state index contributed by atoms with van der Waals surface area (Å²) in [7, 11) is -3.43. The van der Waals surface area contributed by atoms with Gasteiger partial charge in [0.15, 0.2) is 27.9 Å². The third-order valence-electron chi connectivity index (χ3n) is 3.60. The third kappa shape index (κ3) is 3.54. The van der Waals surface area contributed by atoms with E-state index in [1.807, 2.05) is 0 Å². The first kappa shape index (κ1) is 17.9. The lowest BCUT2D eigenvalue weighted by molar-refractivity contribution is -0.605. The smallest absolute Gasteiger partial charge is 0.434 e. The Hall–Kier alpha value is -2.88. The lowest BCUT2D eigenvalue weighted by Crippen LogP contribution is -2.23. The van der Waals surface area contributed by atoms with Gasteiger partial charge in [0.05, 0.1) is 4.90 Å². The van der Waals surface area contributed by atoms with Crippen molar-refractivity contribution < 1.29 is 26.3 Å². The number of hydrogen-bond donors (Lipinski definition) is 0. The molecule has 2 aromatic heterocycles. The predicted molar refractivity (Wildman–Crippen MR) is 86.1 cm³/mol. The second-order valence-corrected chi connectivity index (χ2v) is 7.55. The Bertz CT molecular complexity index is 1040. The van der Waals surface area contributed by atoms with Crippen LogP contribution in [0.25, 0.3) is 17.1 Å². The van der Waals surface area contributed by atoms with E-state index < -0.39 is 21.7 Å². The quantitative estimate of drug-likeness (QED) is 0.514. The van der Waals surface area contributed by atoms with Crippen molar-refractivity contribution >= 4 is 9.84 Å². The minimum atomic E-state index is -4.65. The van der Waals surface area contributed by atoms with E-state index in [2.05, 4.69) is 4.98 Å². The monoisotopic (exact) mass is 383 g/mol. The Morgan fingerprint density at radius 1 is 1.08 bits per heavy atom. The van der Waals surface area contributed by atoms with Crippen LogP contribution in [0.5, 0.6) is 0 Å². The van der Waals surface area contributed by atoms with E-state index in [0.717, 1.165) is 24.8 Å². The summed E-state index contributed by atoms with van der Waals surface area (Å²) in [5, 5.41) is 11.2. The Kier molecular flexibility index (Phi) is 4.23. The minimum absolute atomic E-state index is 0.0231. The number of pyridine rings is 1. The zero-order chi connectivity index (χ0) is 19.1. The van der Waals surface area contributed by atoms with Crippen LogP contribution in [0.15, 0.2) is 59.9 Å². The van der Waals surface area contributed by atoms with Crippen LogP contribution in [0.2, 0.25) is 0 Å². The van der Waals surface area contributed by atoms with Crippen molar-refractivity contribution in [3.05, 3.63) is 65.9 Å². The molecular formula is C16H12F3N3O3S. The SMILES string of the molecule is CS(=O)(=O)c1ccc(-n2cc(C(F)(F)F)nc2-c2cc[n+]([O-])cc2)cc1. The number of halogens is 3. The zero-order valence-corrected chi connectivity index (χ0v) is 14.1. The van der Waals surface area contributed by atoms with Gasteiger partial charge in [0.1, 0.15) is 5.82 Å². The van der Waals surface area contributed by atoms with E-state index in [1.165, 1.54) is 41.0 Å². The molecule has 3 aromatic rings. The molecule has 10 heteroatoms. The highest BCUT2D eigenvalue weighted by molar-refractivity contribution is 7.90. The molecular weight excluding hydrogens is 371 g/mol. The number of hydrogen-bond acceptors (Lipinski definition) is 4. The molecule has 0 aliphatic carbocycles. The van der Waals surface area contributed by atoms with Crippen LogP contribution in [0.3, 0.4) is 0 Å². The molecule has 0 atom stereocenters. The van der Waals surface area contributed by atoms with Crippen molar-refractivity contribution in [2.45, 2.75) is 11.1 Å². The molecule has 0 radical (unpaired) electrons. The Morgan fingerprint density at radius 3 is 2.15 bits per heavy atom. The Morgan fingerprint density at radius 2 is 1.65 bits per heavy atom. The number of benzene rings is 1. The van der Waals surface area contributed by atoms with Crippen molar-refractivity contribution in [3.63, 3.8) is 0 Å². The van der Waals surface area contributed by atoms with Crippen molar-refractivity contribution in [1.82, 2.24) is 9.55 Å². The molecule has 0 saturated heterocycles. The average molecular weight is 383 g/mol. The summed E-state index contributed by atoms with van der Waals surface area (Å²) in [6, 6.07) is 8.07. The van der Waals surface area contributed by atoms with Gasteiger partial charge in [-0.15, -0.1) is 0 Å². The highest BCUT2D eigenvalue weighted by Gasteiger charge is 2.35. The summed E-state index contributed by atoms with van der Waals surface area (Å²) in [5.74, 6) is -0.0231. The van der Waals surface area contributed by atoms with Gasteiger partial charge in [-0.2, -0.15) is 17.9 Å². The molecule has 0 unspecified atom stereocenters. The summed E-state index contributed by atoms with van der Waals surface area (Å²) >= 11 is 0. The van der Waals surface area contributed by atoms with Gasteiger partial charge >= 0.3 is 6.18 Å². The molecule has 136 valence electrons.